The van der Waals surface area contributed by atoms with E-state index in [0.29, 0.717) is 6.04 Å². The fourth-order valence-corrected chi connectivity index (χ4v) is 3.35. The van der Waals surface area contributed by atoms with Crippen LogP contribution in [-0.4, -0.2) is 23.2 Å². The molecule has 1 aliphatic rings. The summed E-state index contributed by atoms with van der Waals surface area (Å²) in [6.45, 7) is 7.14. The normalized spacial score (nSPS) is 18.2. The highest BCUT2D eigenvalue weighted by Crippen LogP contribution is 2.33. The molecule has 0 N–H and O–H groups in total. The van der Waals surface area contributed by atoms with Crippen molar-refractivity contribution in [1.29, 1.82) is 0 Å². The molecular formula is C20H28N2O2. The van der Waals surface area contributed by atoms with E-state index in [4.69, 9.17) is 9.26 Å². The minimum Gasteiger partial charge on any atom is -0.494 e. The third-order valence-corrected chi connectivity index (χ3v) is 4.56. The standard InChI is InChI=1S/C20H28N2O2/c1-3-6-18-14-19(21-24-18)20-7-5-12-22(20)15-16-8-10-17(11-9-16)23-13-4-2/h8-11,14,20H,3-7,12-13,15H2,1-2H3/t20-/m1/s1. The van der Waals surface area contributed by atoms with Gasteiger partial charge in [-0.3, -0.25) is 4.90 Å². The van der Waals surface area contributed by atoms with Crippen LogP contribution in [0.25, 0.3) is 0 Å². The van der Waals surface area contributed by atoms with Gasteiger partial charge in [0, 0.05) is 19.0 Å². The molecule has 1 fully saturated rings. The van der Waals surface area contributed by atoms with E-state index in [2.05, 4.69) is 54.2 Å². The molecule has 1 aromatic heterocycles. The number of likely N-dealkylation sites (tertiary alicyclic amines) is 1. The van der Waals surface area contributed by atoms with Crippen molar-refractivity contribution in [3.8, 4) is 5.75 Å². The van der Waals surface area contributed by atoms with Gasteiger partial charge in [-0.2, -0.15) is 0 Å². The summed E-state index contributed by atoms with van der Waals surface area (Å²) in [4.78, 5) is 2.51. The van der Waals surface area contributed by atoms with Gasteiger partial charge < -0.3 is 9.26 Å². The van der Waals surface area contributed by atoms with Gasteiger partial charge in [0.15, 0.2) is 0 Å². The van der Waals surface area contributed by atoms with Crippen LogP contribution in [0.5, 0.6) is 5.75 Å². The summed E-state index contributed by atoms with van der Waals surface area (Å²) in [6, 6.07) is 11.0. The Morgan fingerprint density at radius 2 is 2.04 bits per heavy atom. The average Bonchev–Trinajstić information content (AvgIpc) is 3.24. The number of aromatic nitrogens is 1. The molecule has 130 valence electrons. The van der Waals surface area contributed by atoms with E-state index >= 15 is 0 Å². The lowest BCUT2D eigenvalue weighted by Gasteiger charge is -2.22. The first-order valence-corrected chi connectivity index (χ1v) is 9.21. The van der Waals surface area contributed by atoms with Crippen molar-refractivity contribution < 1.29 is 9.26 Å². The molecular weight excluding hydrogens is 300 g/mol. The maximum atomic E-state index is 5.66. The van der Waals surface area contributed by atoms with Crippen molar-refractivity contribution in [1.82, 2.24) is 10.1 Å². The second kappa shape index (κ2) is 8.34. The molecule has 1 atom stereocenters. The summed E-state index contributed by atoms with van der Waals surface area (Å²) in [6.07, 6.45) is 5.48. The predicted octanol–water partition coefficient (Wildman–Crippen LogP) is 4.75. The molecule has 24 heavy (non-hydrogen) atoms. The molecule has 1 saturated heterocycles. The van der Waals surface area contributed by atoms with Gasteiger partial charge in [0.2, 0.25) is 0 Å². The molecule has 0 radical (unpaired) electrons. The Hall–Kier alpha value is -1.81. The van der Waals surface area contributed by atoms with Crippen LogP contribution in [-0.2, 0) is 13.0 Å². The fourth-order valence-electron chi connectivity index (χ4n) is 3.35. The first-order valence-electron chi connectivity index (χ1n) is 9.21. The lowest BCUT2D eigenvalue weighted by atomic mass is 10.1. The maximum absolute atomic E-state index is 5.66. The Morgan fingerprint density at radius 1 is 1.21 bits per heavy atom. The van der Waals surface area contributed by atoms with Gasteiger partial charge in [0.05, 0.1) is 12.6 Å². The smallest absolute Gasteiger partial charge is 0.137 e. The van der Waals surface area contributed by atoms with E-state index in [-0.39, 0.29) is 0 Å². The first kappa shape index (κ1) is 17.0. The molecule has 0 amide bonds. The van der Waals surface area contributed by atoms with Crippen molar-refractivity contribution >= 4 is 0 Å². The number of aryl methyl sites for hydroxylation is 1. The van der Waals surface area contributed by atoms with Gasteiger partial charge >= 0.3 is 0 Å². The number of benzene rings is 1. The van der Waals surface area contributed by atoms with Gasteiger partial charge in [-0.05, 0) is 49.9 Å². The monoisotopic (exact) mass is 328 g/mol. The zero-order chi connectivity index (χ0) is 16.8. The molecule has 0 aliphatic carbocycles. The summed E-state index contributed by atoms with van der Waals surface area (Å²) in [7, 11) is 0. The van der Waals surface area contributed by atoms with Gasteiger partial charge in [-0.1, -0.05) is 31.1 Å². The molecule has 1 aromatic carbocycles. The van der Waals surface area contributed by atoms with Gasteiger partial charge in [0.25, 0.3) is 0 Å². The van der Waals surface area contributed by atoms with Crippen molar-refractivity contribution in [2.75, 3.05) is 13.2 Å². The molecule has 0 saturated carbocycles. The summed E-state index contributed by atoms with van der Waals surface area (Å²) < 4.78 is 11.1. The topological polar surface area (TPSA) is 38.5 Å². The summed E-state index contributed by atoms with van der Waals surface area (Å²) in [5.41, 5.74) is 2.42. The van der Waals surface area contributed by atoms with Crippen LogP contribution in [0.3, 0.4) is 0 Å². The van der Waals surface area contributed by atoms with Crippen molar-refractivity contribution in [3.05, 3.63) is 47.3 Å². The van der Waals surface area contributed by atoms with Gasteiger partial charge in [-0.15, -0.1) is 0 Å². The Balaban J connectivity index is 1.62. The quantitative estimate of drug-likeness (QED) is 0.701. The zero-order valence-electron chi connectivity index (χ0n) is 14.8. The van der Waals surface area contributed by atoms with E-state index in [9.17, 15) is 0 Å². The predicted molar refractivity (Wildman–Crippen MR) is 95.1 cm³/mol. The number of rotatable bonds is 8. The summed E-state index contributed by atoms with van der Waals surface area (Å²) in [5.74, 6) is 1.97. The maximum Gasteiger partial charge on any atom is 0.137 e. The van der Waals surface area contributed by atoms with E-state index < -0.39 is 0 Å². The number of ether oxygens (including phenoxy) is 1. The first-order chi connectivity index (χ1) is 11.8. The summed E-state index contributed by atoms with van der Waals surface area (Å²) in [5, 5.41) is 4.32. The van der Waals surface area contributed by atoms with Crippen molar-refractivity contribution in [2.24, 2.45) is 0 Å². The Labute approximate surface area is 144 Å². The second-order valence-electron chi connectivity index (χ2n) is 6.59. The van der Waals surface area contributed by atoms with E-state index in [1.165, 1.54) is 12.0 Å². The van der Waals surface area contributed by atoms with Gasteiger partial charge in [0.1, 0.15) is 17.2 Å². The molecule has 0 spiro atoms. The number of hydrogen-bond donors (Lipinski definition) is 0. The largest absolute Gasteiger partial charge is 0.494 e. The fraction of sp³-hybridized carbons (Fsp3) is 0.550. The van der Waals surface area contributed by atoms with Crippen LogP contribution >= 0.6 is 0 Å². The molecule has 3 rings (SSSR count). The average molecular weight is 328 g/mol. The van der Waals surface area contributed by atoms with Crippen LogP contribution in [0.15, 0.2) is 34.9 Å². The Morgan fingerprint density at radius 3 is 2.79 bits per heavy atom. The van der Waals surface area contributed by atoms with Gasteiger partial charge in [-0.25, -0.2) is 0 Å². The molecule has 4 nitrogen and oxygen atoms in total. The van der Waals surface area contributed by atoms with Crippen LogP contribution in [0.2, 0.25) is 0 Å². The lowest BCUT2D eigenvalue weighted by molar-refractivity contribution is 0.236. The van der Waals surface area contributed by atoms with Crippen molar-refractivity contribution in [3.63, 3.8) is 0 Å². The summed E-state index contributed by atoms with van der Waals surface area (Å²) >= 11 is 0. The molecule has 2 heterocycles. The van der Waals surface area contributed by atoms with E-state index in [1.54, 1.807) is 0 Å². The minimum absolute atomic E-state index is 0.385. The molecule has 0 bridgehead atoms. The third-order valence-electron chi connectivity index (χ3n) is 4.56. The highest BCUT2D eigenvalue weighted by molar-refractivity contribution is 5.27. The molecule has 0 unspecified atom stereocenters. The van der Waals surface area contributed by atoms with E-state index in [1.807, 2.05) is 0 Å². The lowest BCUT2D eigenvalue weighted by Crippen LogP contribution is -2.22. The highest BCUT2D eigenvalue weighted by Gasteiger charge is 2.28. The Kier molecular flexibility index (Phi) is 5.91. The van der Waals surface area contributed by atoms with Crippen molar-refractivity contribution in [2.45, 2.75) is 58.5 Å². The van der Waals surface area contributed by atoms with Crippen LogP contribution in [0.1, 0.15) is 62.6 Å². The van der Waals surface area contributed by atoms with Crippen LogP contribution in [0.4, 0.5) is 0 Å². The molecule has 1 aliphatic heterocycles. The molecule has 2 aromatic rings. The van der Waals surface area contributed by atoms with Crippen LogP contribution < -0.4 is 4.74 Å². The number of hydrogen-bond acceptors (Lipinski definition) is 4. The minimum atomic E-state index is 0.385. The third kappa shape index (κ3) is 4.18. The van der Waals surface area contributed by atoms with E-state index in [0.717, 1.165) is 62.6 Å². The molecule has 4 heteroatoms. The second-order valence-corrected chi connectivity index (χ2v) is 6.59. The SMILES string of the molecule is CCCOc1ccc(CN2CCC[C@@H]2c2cc(CCC)on2)cc1. The zero-order valence-corrected chi connectivity index (χ0v) is 14.8. The van der Waals surface area contributed by atoms with Crippen LogP contribution in [0, 0.1) is 0 Å². The Bertz CT molecular complexity index is 621. The number of nitrogens with zero attached hydrogens (tertiary/aromatic N) is 2. The highest BCUT2D eigenvalue weighted by atomic mass is 16.5.